The molecule has 1 aromatic rings. The van der Waals surface area contributed by atoms with Gasteiger partial charge in [-0.05, 0) is 36.6 Å². The molecule has 1 N–H and O–H groups in total. The van der Waals surface area contributed by atoms with Crippen LogP contribution in [0.3, 0.4) is 0 Å². The number of halogens is 1. The highest BCUT2D eigenvalue weighted by molar-refractivity contribution is 7.08. The smallest absolute Gasteiger partial charge is 0.252 e. The first-order valence-corrected chi connectivity index (χ1v) is 6.99. The van der Waals surface area contributed by atoms with Crippen molar-refractivity contribution >= 4 is 28.8 Å². The second kappa shape index (κ2) is 6.92. The molecule has 0 saturated carbocycles. The number of alkyl halides is 1. The molecule has 0 saturated heterocycles. The summed E-state index contributed by atoms with van der Waals surface area (Å²) in [6, 6.07) is 0. The van der Waals surface area contributed by atoms with Crippen LogP contribution in [0, 0.1) is 12.8 Å². The highest BCUT2D eigenvalue weighted by Gasteiger charge is 2.08. The first kappa shape index (κ1) is 13.5. The highest BCUT2D eigenvalue weighted by atomic mass is 35.5. The number of hydrogen-bond donors (Lipinski definition) is 1. The van der Waals surface area contributed by atoms with Crippen molar-refractivity contribution in [1.29, 1.82) is 0 Å². The Hall–Kier alpha value is -0.540. The molecule has 0 aromatic carbocycles. The van der Waals surface area contributed by atoms with Crippen LogP contribution in [0.25, 0.3) is 0 Å². The van der Waals surface area contributed by atoms with E-state index in [-0.39, 0.29) is 5.91 Å². The van der Waals surface area contributed by atoms with E-state index in [0.29, 0.717) is 11.8 Å². The normalized spacial score (nSPS) is 12.4. The molecule has 0 bridgehead atoms. The van der Waals surface area contributed by atoms with Gasteiger partial charge < -0.3 is 5.32 Å². The van der Waals surface area contributed by atoms with Crippen LogP contribution in [0.15, 0.2) is 10.8 Å². The predicted octanol–water partition coefficient (Wildman–Crippen LogP) is 3.44. The molecule has 4 heteroatoms. The van der Waals surface area contributed by atoms with E-state index in [1.54, 1.807) is 11.3 Å². The van der Waals surface area contributed by atoms with Crippen LogP contribution in [0.2, 0.25) is 0 Å². The van der Waals surface area contributed by atoms with Gasteiger partial charge in [-0.3, -0.25) is 4.79 Å². The van der Waals surface area contributed by atoms with E-state index in [2.05, 4.69) is 12.2 Å². The second-order valence-corrected chi connectivity index (χ2v) is 5.18. The Morgan fingerprint density at radius 1 is 1.56 bits per heavy atom. The SMILES string of the molecule is Cc1cscc1C(=O)NCCCC(C)CCl. The lowest BCUT2D eigenvalue weighted by Gasteiger charge is -2.08. The molecule has 1 rings (SSSR count). The van der Waals surface area contributed by atoms with Crippen molar-refractivity contribution in [3.8, 4) is 0 Å². The van der Waals surface area contributed by atoms with Crippen LogP contribution in [0.1, 0.15) is 35.7 Å². The Bertz CT molecular complexity index is 338. The van der Waals surface area contributed by atoms with Crippen LogP contribution in [-0.4, -0.2) is 18.3 Å². The predicted molar refractivity (Wildman–Crippen MR) is 70.5 cm³/mol. The molecule has 0 spiro atoms. The molecule has 0 radical (unpaired) electrons. The van der Waals surface area contributed by atoms with Gasteiger partial charge in [0.1, 0.15) is 0 Å². The van der Waals surface area contributed by atoms with E-state index in [1.807, 2.05) is 17.7 Å². The van der Waals surface area contributed by atoms with Crippen molar-refractivity contribution in [3.05, 3.63) is 21.9 Å². The Kier molecular flexibility index (Phi) is 5.85. The number of nitrogens with one attached hydrogen (secondary N) is 1. The molecule has 0 aliphatic carbocycles. The Morgan fingerprint density at radius 3 is 2.88 bits per heavy atom. The third-order valence-electron chi connectivity index (χ3n) is 2.52. The van der Waals surface area contributed by atoms with Gasteiger partial charge in [0.25, 0.3) is 5.91 Å². The quantitative estimate of drug-likeness (QED) is 0.615. The van der Waals surface area contributed by atoms with Crippen LogP contribution < -0.4 is 5.32 Å². The number of carbonyl (C=O) groups excluding carboxylic acids is 1. The number of rotatable bonds is 6. The number of amides is 1. The fraction of sp³-hybridized carbons (Fsp3) is 0.583. The number of thiophene rings is 1. The lowest BCUT2D eigenvalue weighted by Crippen LogP contribution is -2.24. The van der Waals surface area contributed by atoms with Crippen LogP contribution >= 0.6 is 22.9 Å². The molecule has 1 aromatic heterocycles. The first-order chi connectivity index (χ1) is 7.65. The third kappa shape index (κ3) is 4.14. The summed E-state index contributed by atoms with van der Waals surface area (Å²) in [7, 11) is 0. The van der Waals surface area contributed by atoms with Crippen molar-refractivity contribution in [3.63, 3.8) is 0 Å². The van der Waals surface area contributed by atoms with Gasteiger partial charge in [-0.15, -0.1) is 11.6 Å². The molecular formula is C12H18ClNOS. The molecule has 16 heavy (non-hydrogen) atoms. The van der Waals surface area contributed by atoms with Crippen molar-refractivity contribution in [2.24, 2.45) is 5.92 Å². The number of carbonyl (C=O) groups is 1. The van der Waals surface area contributed by atoms with Crippen LogP contribution in [0.5, 0.6) is 0 Å². The largest absolute Gasteiger partial charge is 0.352 e. The van der Waals surface area contributed by atoms with Gasteiger partial charge in [0.15, 0.2) is 0 Å². The van der Waals surface area contributed by atoms with Crippen LogP contribution in [0.4, 0.5) is 0 Å². The zero-order valence-corrected chi connectivity index (χ0v) is 11.3. The van der Waals surface area contributed by atoms with E-state index in [0.717, 1.165) is 30.5 Å². The van der Waals surface area contributed by atoms with E-state index < -0.39 is 0 Å². The fourth-order valence-electron chi connectivity index (χ4n) is 1.42. The lowest BCUT2D eigenvalue weighted by atomic mass is 10.1. The van der Waals surface area contributed by atoms with E-state index in [1.165, 1.54) is 0 Å². The highest BCUT2D eigenvalue weighted by Crippen LogP contribution is 2.13. The van der Waals surface area contributed by atoms with Gasteiger partial charge in [0.2, 0.25) is 0 Å². The standard InChI is InChI=1S/C12H18ClNOS/c1-9(6-13)4-3-5-14-12(15)11-8-16-7-10(11)2/h7-9H,3-6H2,1-2H3,(H,14,15). The van der Waals surface area contributed by atoms with Gasteiger partial charge in [0.05, 0.1) is 5.56 Å². The number of aryl methyl sites for hydroxylation is 1. The maximum Gasteiger partial charge on any atom is 0.252 e. The molecule has 2 nitrogen and oxygen atoms in total. The zero-order chi connectivity index (χ0) is 12.0. The fourth-order valence-corrected chi connectivity index (χ4v) is 2.40. The average Bonchev–Trinajstić information content (AvgIpc) is 2.70. The molecule has 1 amide bonds. The van der Waals surface area contributed by atoms with Gasteiger partial charge in [0, 0.05) is 17.8 Å². The Balaban J connectivity index is 2.24. The number of hydrogen-bond acceptors (Lipinski definition) is 2. The molecule has 90 valence electrons. The van der Waals surface area contributed by atoms with Crippen molar-refractivity contribution < 1.29 is 4.79 Å². The summed E-state index contributed by atoms with van der Waals surface area (Å²) < 4.78 is 0. The summed E-state index contributed by atoms with van der Waals surface area (Å²) >= 11 is 7.27. The zero-order valence-electron chi connectivity index (χ0n) is 9.75. The van der Waals surface area contributed by atoms with Crippen molar-refractivity contribution in [1.82, 2.24) is 5.32 Å². The van der Waals surface area contributed by atoms with Gasteiger partial charge in [-0.1, -0.05) is 6.92 Å². The minimum atomic E-state index is 0.0391. The molecule has 1 unspecified atom stereocenters. The van der Waals surface area contributed by atoms with E-state index >= 15 is 0 Å². The van der Waals surface area contributed by atoms with Crippen LogP contribution in [-0.2, 0) is 0 Å². The molecule has 0 aliphatic rings. The molecular weight excluding hydrogens is 242 g/mol. The maximum absolute atomic E-state index is 11.7. The van der Waals surface area contributed by atoms with Crippen molar-refractivity contribution in [2.75, 3.05) is 12.4 Å². The summed E-state index contributed by atoms with van der Waals surface area (Å²) in [6.45, 7) is 4.81. The van der Waals surface area contributed by atoms with E-state index in [4.69, 9.17) is 11.6 Å². The first-order valence-electron chi connectivity index (χ1n) is 5.52. The van der Waals surface area contributed by atoms with Gasteiger partial charge in [-0.25, -0.2) is 0 Å². The third-order valence-corrected chi connectivity index (χ3v) is 3.91. The Morgan fingerprint density at radius 2 is 2.31 bits per heavy atom. The van der Waals surface area contributed by atoms with E-state index in [9.17, 15) is 4.79 Å². The summed E-state index contributed by atoms with van der Waals surface area (Å²) in [5, 5.41) is 6.82. The monoisotopic (exact) mass is 259 g/mol. The second-order valence-electron chi connectivity index (χ2n) is 4.13. The topological polar surface area (TPSA) is 29.1 Å². The average molecular weight is 260 g/mol. The molecule has 0 aliphatic heterocycles. The molecule has 1 heterocycles. The minimum Gasteiger partial charge on any atom is -0.352 e. The van der Waals surface area contributed by atoms with Crippen molar-refractivity contribution in [2.45, 2.75) is 26.7 Å². The van der Waals surface area contributed by atoms with Gasteiger partial charge >= 0.3 is 0 Å². The Labute approximate surface area is 106 Å². The minimum absolute atomic E-state index is 0.0391. The lowest BCUT2D eigenvalue weighted by molar-refractivity contribution is 0.0952. The molecule has 1 atom stereocenters. The summed E-state index contributed by atoms with van der Waals surface area (Å²) in [5.74, 6) is 1.26. The summed E-state index contributed by atoms with van der Waals surface area (Å²) in [6.07, 6.45) is 2.05. The summed E-state index contributed by atoms with van der Waals surface area (Å²) in [5.41, 5.74) is 1.85. The summed E-state index contributed by atoms with van der Waals surface area (Å²) in [4.78, 5) is 11.7. The maximum atomic E-state index is 11.7. The van der Waals surface area contributed by atoms with Gasteiger partial charge in [-0.2, -0.15) is 11.3 Å². The molecule has 0 fully saturated rings.